The van der Waals surface area contributed by atoms with Crippen LogP contribution in [-0.4, -0.2) is 41.9 Å². The van der Waals surface area contributed by atoms with E-state index in [1.807, 2.05) is 44.2 Å². The zero-order chi connectivity index (χ0) is 16.9. The van der Waals surface area contributed by atoms with Gasteiger partial charge in [-0.05, 0) is 24.6 Å². The first-order chi connectivity index (χ1) is 11.7. The third kappa shape index (κ3) is 3.65. The average Bonchev–Trinajstić information content (AvgIpc) is 3.25. The van der Waals surface area contributed by atoms with E-state index in [0.717, 1.165) is 12.0 Å². The van der Waals surface area contributed by atoms with Crippen molar-refractivity contribution in [1.82, 2.24) is 35.3 Å². The van der Waals surface area contributed by atoms with E-state index in [1.165, 1.54) is 4.80 Å². The second kappa shape index (κ2) is 7.03. The molecule has 0 saturated heterocycles. The van der Waals surface area contributed by atoms with Gasteiger partial charge in [-0.25, -0.2) is 4.68 Å². The van der Waals surface area contributed by atoms with Crippen LogP contribution in [0.2, 0.25) is 0 Å². The maximum absolute atomic E-state index is 12.0. The molecule has 1 aromatic carbocycles. The van der Waals surface area contributed by atoms with Crippen LogP contribution in [0.3, 0.4) is 0 Å². The third-order valence-corrected chi connectivity index (χ3v) is 3.62. The van der Waals surface area contributed by atoms with Crippen molar-refractivity contribution < 1.29 is 4.79 Å². The summed E-state index contributed by atoms with van der Waals surface area (Å²) in [5.74, 6) is 0.372. The highest BCUT2D eigenvalue weighted by atomic mass is 16.2. The molecule has 3 aromatic rings. The zero-order valence-corrected chi connectivity index (χ0v) is 13.6. The molecule has 8 heteroatoms. The molecular weight excluding hydrogens is 306 g/mol. The van der Waals surface area contributed by atoms with Gasteiger partial charge in [-0.3, -0.25) is 4.79 Å². The van der Waals surface area contributed by atoms with Crippen molar-refractivity contribution in [1.29, 1.82) is 0 Å². The standard InChI is InChI=1S/C16H19N7O/c1-3-12(2)17-16(24)14-9-10-22(19-14)11-23-20-15(18-21-23)13-7-5-4-6-8-13/h4-10,12H,3,11H2,1-2H3,(H,17,24). The van der Waals surface area contributed by atoms with Crippen molar-refractivity contribution in [3.8, 4) is 11.4 Å². The molecule has 0 fully saturated rings. The van der Waals surface area contributed by atoms with E-state index in [1.54, 1.807) is 16.9 Å². The predicted molar refractivity (Wildman–Crippen MR) is 88.1 cm³/mol. The second-order valence-electron chi connectivity index (χ2n) is 5.52. The fraction of sp³-hybridized carbons (Fsp3) is 0.312. The summed E-state index contributed by atoms with van der Waals surface area (Å²) >= 11 is 0. The Morgan fingerprint density at radius 1 is 1.21 bits per heavy atom. The van der Waals surface area contributed by atoms with E-state index < -0.39 is 0 Å². The first kappa shape index (κ1) is 15.9. The minimum atomic E-state index is -0.181. The molecule has 1 atom stereocenters. The van der Waals surface area contributed by atoms with Gasteiger partial charge < -0.3 is 5.32 Å². The van der Waals surface area contributed by atoms with Gasteiger partial charge >= 0.3 is 0 Å². The highest BCUT2D eigenvalue weighted by Gasteiger charge is 2.12. The Kier molecular flexibility index (Phi) is 4.64. The van der Waals surface area contributed by atoms with E-state index in [4.69, 9.17) is 0 Å². The molecule has 124 valence electrons. The molecule has 0 saturated carbocycles. The molecular formula is C16H19N7O. The maximum atomic E-state index is 12.0. The number of benzene rings is 1. The Bertz CT molecular complexity index is 809. The molecule has 2 heterocycles. The van der Waals surface area contributed by atoms with Gasteiger partial charge in [0.05, 0.1) is 0 Å². The smallest absolute Gasteiger partial charge is 0.271 e. The van der Waals surface area contributed by atoms with Gasteiger partial charge in [0.25, 0.3) is 5.91 Å². The molecule has 1 amide bonds. The second-order valence-corrected chi connectivity index (χ2v) is 5.52. The zero-order valence-electron chi connectivity index (χ0n) is 13.6. The van der Waals surface area contributed by atoms with Crippen molar-refractivity contribution in [2.75, 3.05) is 0 Å². The van der Waals surface area contributed by atoms with E-state index in [-0.39, 0.29) is 18.6 Å². The van der Waals surface area contributed by atoms with Crippen LogP contribution in [0.1, 0.15) is 30.8 Å². The third-order valence-electron chi connectivity index (χ3n) is 3.62. The minimum Gasteiger partial charge on any atom is -0.348 e. The molecule has 0 radical (unpaired) electrons. The number of carbonyl (C=O) groups excluding carboxylic acids is 1. The fourth-order valence-corrected chi connectivity index (χ4v) is 2.10. The minimum absolute atomic E-state index is 0.119. The first-order valence-electron chi connectivity index (χ1n) is 7.83. The monoisotopic (exact) mass is 325 g/mol. The highest BCUT2D eigenvalue weighted by Crippen LogP contribution is 2.11. The van der Waals surface area contributed by atoms with Crippen LogP contribution in [0.4, 0.5) is 0 Å². The van der Waals surface area contributed by atoms with E-state index >= 15 is 0 Å². The average molecular weight is 325 g/mol. The summed E-state index contributed by atoms with van der Waals surface area (Å²) < 4.78 is 1.60. The lowest BCUT2D eigenvalue weighted by Crippen LogP contribution is -2.32. The Morgan fingerprint density at radius 2 is 2.00 bits per heavy atom. The number of hydrogen-bond acceptors (Lipinski definition) is 5. The molecule has 0 aliphatic rings. The number of nitrogens with one attached hydrogen (secondary N) is 1. The largest absolute Gasteiger partial charge is 0.348 e. The number of carbonyl (C=O) groups is 1. The summed E-state index contributed by atoms with van der Waals surface area (Å²) in [6.45, 7) is 4.26. The van der Waals surface area contributed by atoms with Crippen LogP contribution >= 0.6 is 0 Å². The highest BCUT2D eigenvalue weighted by molar-refractivity contribution is 5.92. The van der Waals surface area contributed by atoms with E-state index in [9.17, 15) is 4.79 Å². The van der Waals surface area contributed by atoms with Gasteiger partial charge in [0, 0.05) is 17.8 Å². The quantitative estimate of drug-likeness (QED) is 0.743. The van der Waals surface area contributed by atoms with E-state index in [2.05, 4.69) is 25.8 Å². The summed E-state index contributed by atoms with van der Waals surface area (Å²) in [6.07, 6.45) is 2.59. The topological polar surface area (TPSA) is 90.5 Å². The van der Waals surface area contributed by atoms with E-state index in [0.29, 0.717) is 11.5 Å². The Balaban J connectivity index is 1.67. The van der Waals surface area contributed by atoms with Gasteiger partial charge in [-0.2, -0.15) is 5.10 Å². The molecule has 0 bridgehead atoms. The fourth-order valence-electron chi connectivity index (χ4n) is 2.10. The van der Waals surface area contributed by atoms with Crippen molar-refractivity contribution in [3.63, 3.8) is 0 Å². The van der Waals surface area contributed by atoms with Gasteiger partial charge in [0.2, 0.25) is 5.82 Å². The molecule has 2 aromatic heterocycles. The lowest BCUT2D eigenvalue weighted by molar-refractivity contribution is 0.0933. The maximum Gasteiger partial charge on any atom is 0.271 e. The van der Waals surface area contributed by atoms with Crippen molar-refractivity contribution in [3.05, 3.63) is 48.3 Å². The van der Waals surface area contributed by atoms with Crippen LogP contribution < -0.4 is 5.32 Å². The SMILES string of the molecule is CCC(C)NC(=O)c1ccn(Cn2nnc(-c3ccccc3)n2)n1. The summed E-state index contributed by atoms with van der Waals surface area (Å²) in [5.41, 5.74) is 1.27. The van der Waals surface area contributed by atoms with Gasteiger partial charge in [0.15, 0.2) is 6.67 Å². The molecule has 0 aliphatic carbocycles. The molecule has 8 nitrogen and oxygen atoms in total. The summed E-state index contributed by atoms with van der Waals surface area (Å²) in [6, 6.07) is 11.4. The van der Waals surface area contributed by atoms with Crippen molar-refractivity contribution in [2.24, 2.45) is 0 Å². The summed E-state index contributed by atoms with van der Waals surface area (Å²) in [7, 11) is 0. The number of hydrogen-bond donors (Lipinski definition) is 1. The van der Waals surface area contributed by atoms with Gasteiger partial charge in [-0.15, -0.1) is 15.0 Å². The van der Waals surface area contributed by atoms with Crippen molar-refractivity contribution in [2.45, 2.75) is 33.0 Å². The number of aromatic nitrogens is 6. The number of tetrazole rings is 1. The summed E-state index contributed by atoms with van der Waals surface area (Å²) in [5, 5.41) is 19.5. The van der Waals surface area contributed by atoms with Crippen LogP contribution in [0, 0.1) is 0 Å². The molecule has 3 rings (SSSR count). The molecule has 1 unspecified atom stereocenters. The van der Waals surface area contributed by atoms with Crippen molar-refractivity contribution >= 4 is 5.91 Å². The Hall–Kier alpha value is -3.03. The molecule has 0 spiro atoms. The predicted octanol–water partition coefficient (Wildman–Crippen LogP) is 1.57. The molecule has 0 aliphatic heterocycles. The van der Waals surface area contributed by atoms with Crippen LogP contribution in [0.5, 0.6) is 0 Å². The first-order valence-corrected chi connectivity index (χ1v) is 7.83. The lowest BCUT2D eigenvalue weighted by Gasteiger charge is -2.09. The lowest BCUT2D eigenvalue weighted by atomic mass is 10.2. The Morgan fingerprint density at radius 3 is 2.75 bits per heavy atom. The van der Waals surface area contributed by atoms with Crippen LogP contribution in [-0.2, 0) is 6.67 Å². The van der Waals surface area contributed by atoms with Crippen LogP contribution in [0.15, 0.2) is 42.6 Å². The molecule has 1 N–H and O–H groups in total. The van der Waals surface area contributed by atoms with Gasteiger partial charge in [-0.1, -0.05) is 37.3 Å². The number of nitrogens with zero attached hydrogens (tertiary/aromatic N) is 6. The van der Waals surface area contributed by atoms with Crippen LogP contribution in [0.25, 0.3) is 11.4 Å². The summed E-state index contributed by atoms with van der Waals surface area (Å²) in [4.78, 5) is 13.5. The van der Waals surface area contributed by atoms with Gasteiger partial charge in [0.1, 0.15) is 5.69 Å². The molecule has 24 heavy (non-hydrogen) atoms. The number of rotatable bonds is 6. The normalized spacial score (nSPS) is 12.1. The Labute approximate surface area is 139 Å². The number of amides is 1.